The first-order valence-corrected chi connectivity index (χ1v) is 6.66. The second-order valence-corrected chi connectivity index (χ2v) is 5.60. The molecule has 6 heteroatoms. The molecule has 3 atom stereocenters. The fourth-order valence-corrected chi connectivity index (χ4v) is 3.28. The number of nitrogens with zero attached hydrogens (tertiary/aromatic N) is 1. The van der Waals surface area contributed by atoms with Crippen LogP contribution in [0.5, 0.6) is 0 Å². The van der Waals surface area contributed by atoms with Crippen molar-refractivity contribution in [2.24, 2.45) is 5.92 Å². The van der Waals surface area contributed by atoms with Gasteiger partial charge in [-0.25, -0.2) is 4.79 Å². The summed E-state index contributed by atoms with van der Waals surface area (Å²) in [6.07, 6.45) is 4.94. The molecule has 2 bridgehead atoms. The average Bonchev–Trinajstić information content (AvgIpc) is 2.34. The Bertz CT molecular complexity index is 631. The number of hydrogen-bond acceptors (Lipinski definition) is 3. The van der Waals surface area contributed by atoms with Crippen molar-refractivity contribution < 1.29 is 4.79 Å². The molecule has 1 aliphatic heterocycles. The topological polar surface area (TPSA) is 84.0 Å². The molecule has 3 rings (SSSR count). The van der Waals surface area contributed by atoms with Crippen molar-refractivity contribution in [3.63, 3.8) is 0 Å². The molecule has 2 aliphatic rings. The summed E-state index contributed by atoms with van der Waals surface area (Å²) in [6, 6.07) is -0.0495. The van der Waals surface area contributed by atoms with Gasteiger partial charge in [0.15, 0.2) is 0 Å². The van der Waals surface area contributed by atoms with Crippen molar-refractivity contribution in [1.29, 1.82) is 0 Å². The van der Waals surface area contributed by atoms with Gasteiger partial charge < -0.3 is 5.32 Å². The Labute approximate surface area is 109 Å². The molecule has 1 amide bonds. The molecular formula is C13H17N3O3. The van der Waals surface area contributed by atoms with Crippen LogP contribution in [-0.2, 0) is 4.79 Å². The number of aryl methyl sites for hydroxylation is 1. The number of nitrogens with one attached hydrogen (secondary N) is 2. The number of aromatic nitrogens is 2. The summed E-state index contributed by atoms with van der Waals surface area (Å²) in [6.45, 7) is 1.68. The van der Waals surface area contributed by atoms with E-state index in [1.807, 2.05) is 0 Å². The largest absolute Gasteiger partial charge is 0.351 e. The quantitative estimate of drug-likeness (QED) is 0.752. The highest BCUT2D eigenvalue weighted by Gasteiger charge is 2.37. The molecule has 0 aromatic carbocycles. The Morgan fingerprint density at radius 3 is 2.84 bits per heavy atom. The fraction of sp³-hybridized carbons (Fsp3) is 0.615. The Kier molecular flexibility index (Phi) is 2.80. The second-order valence-electron chi connectivity index (χ2n) is 5.60. The first-order chi connectivity index (χ1) is 9.04. The molecule has 1 aliphatic carbocycles. The van der Waals surface area contributed by atoms with Gasteiger partial charge in [-0.1, -0.05) is 0 Å². The lowest BCUT2D eigenvalue weighted by Crippen LogP contribution is -2.52. The van der Waals surface area contributed by atoms with Crippen molar-refractivity contribution in [3.8, 4) is 0 Å². The molecule has 2 N–H and O–H groups in total. The predicted octanol–water partition coefficient (Wildman–Crippen LogP) is 0.0747. The highest BCUT2D eigenvalue weighted by molar-refractivity contribution is 5.77. The lowest BCUT2D eigenvalue weighted by atomic mass is 9.77. The van der Waals surface area contributed by atoms with Crippen molar-refractivity contribution >= 4 is 5.91 Å². The van der Waals surface area contributed by atoms with E-state index in [-0.39, 0.29) is 29.2 Å². The summed E-state index contributed by atoms with van der Waals surface area (Å²) in [5, 5.41) is 2.97. The Hall–Kier alpha value is -1.85. The smallest absolute Gasteiger partial charge is 0.328 e. The molecule has 19 heavy (non-hydrogen) atoms. The van der Waals surface area contributed by atoms with E-state index in [0.717, 1.165) is 19.3 Å². The summed E-state index contributed by atoms with van der Waals surface area (Å²) < 4.78 is 1.57. The minimum absolute atomic E-state index is 0.00278. The Morgan fingerprint density at radius 2 is 2.05 bits per heavy atom. The SMILES string of the molecule is Cc1cn([C@@H]2CC[C@H]3CC(=O)N[C@@H]2C3)c(=O)[nH]c1=O. The number of carbonyl (C=O) groups is 1. The zero-order valence-corrected chi connectivity index (χ0v) is 10.8. The monoisotopic (exact) mass is 263 g/mol. The molecular weight excluding hydrogens is 246 g/mol. The average molecular weight is 263 g/mol. The first kappa shape index (κ1) is 12.2. The number of carbonyl (C=O) groups excluding carboxylic acids is 1. The van der Waals surface area contributed by atoms with Crippen LogP contribution in [0.4, 0.5) is 0 Å². The van der Waals surface area contributed by atoms with E-state index < -0.39 is 0 Å². The number of rotatable bonds is 1. The normalized spacial score (nSPS) is 29.9. The Balaban J connectivity index is 1.98. The van der Waals surface area contributed by atoms with Crippen LogP contribution in [0.15, 0.2) is 15.8 Å². The van der Waals surface area contributed by atoms with Crippen molar-refractivity contribution in [2.75, 3.05) is 0 Å². The van der Waals surface area contributed by atoms with Gasteiger partial charge in [-0.2, -0.15) is 0 Å². The molecule has 2 heterocycles. The van der Waals surface area contributed by atoms with Crippen LogP contribution >= 0.6 is 0 Å². The van der Waals surface area contributed by atoms with Crippen molar-refractivity contribution in [3.05, 3.63) is 32.6 Å². The molecule has 0 radical (unpaired) electrons. The van der Waals surface area contributed by atoms with Gasteiger partial charge in [0.1, 0.15) is 0 Å². The lowest BCUT2D eigenvalue weighted by Gasteiger charge is -2.40. The molecule has 0 unspecified atom stereocenters. The highest BCUT2D eigenvalue weighted by Crippen LogP contribution is 2.36. The van der Waals surface area contributed by atoms with Gasteiger partial charge in [0, 0.05) is 24.2 Å². The minimum Gasteiger partial charge on any atom is -0.351 e. The summed E-state index contributed by atoms with van der Waals surface area (Å²) in [5.41, 5.74) is -0.217. The van der Waals surface area contributed by atoms with Crippen LogP contribution < -0.4 is 16.6 Å². The number of amides is 1. The highest BCUT2D eigenvalue weighted by atomic mass is 16.2. The van der Waals surface area contributed by atoms with Crippen LogP contribution in [0, 0.1) is 12.8 Å². The third kappa shape index (κ3) is 2.11. The number of fused-ring (bicyclic) bond motifs is 2. The Morgan fingerprint density at radius 1 is 1.26 bits per heavy atom. The van der Waals surface area contributed by atoms with Crippen molar-refractivity contribution in [2.45, 2.75) is 44.7 Å². The van der Waals surface area contributed by atoms with Gasteiger partial charge in [0.05, 0.1) is 6.04 Å². The number of H-pyrrole nitrogens is 1. The summed E-state index contributed by atoms with van der Waals surface area (Å²) in [4.78, 5) is 37.3. The minimum atomic E-state index is -0.390. The van der Waals surface area contributed by atoms with Gasteiger partial charge >= 0.3 is 5.69 Å². The predicted molar refractivity (Wildman–Crippen MR) is 69.0 cm³/mol. The third-order valence-electron chi connectivity index (χ3n) is 4.25. The third-order valence-corrected chi connectivity index (χ3v) is 4.25. The molecule has 1 aromatic heterocycles. The van der Waals surface area contributed by atoms with E-state index in [4.69, 9.17) is 0 Å². The lowest BCUT2D eigenvalue weighted by molar-refractivity contribution is -0.126. The van der Waals surface area contributed by atoms with Gasteiger partial charge in [0.2, 0.25) is 5.91 Å². The van der Waals surface area contributed by atoms with Crippen LogP contribution in [-0.4, -0.2) is 21.5 Å². The van der Waals surface area contributed by atoms with Crippen LogP contribution in [0.2, 0.25) is 0 Å². The zero-order chi connectivity index (χ0) is 13.6. The first-order valence-electron chi connectivity index (χ1n) is 6.66. The molecule has 6 nitrogen and oxygen atoms in total. The molecule has 1 aromatic rings. The fourth-order valence-electron chi connectivity index (χ4n) is 3.28. The van der Waals surface area contributed by atoms with Gasteiger partial charge in [-0.15, -0.1) is 0 Å². The maximum absolute atomic E-state index is 11.9. The van der Waals surface area contributed by atoms with E-state index in [2.05, 4.69) is 10.3 Å². The van der Waals surface area contributed by atoms with E-state index in [0.29, 0.717) is 17.9 Å². The number of piperidine rings is 1. The van der Waals surface area contributed by atoms with E-state index in [1.54, 1.807) is 17.7 Å². The second kappa shape index (κ2) is 4.36. The van der Waals surface area contributed by atoms with E-state index in [1.165, 1.54) is 0 Å². The molecule has 0 spiro atoms. The van der Waals surface area contributed by atoms with E-state index >= 15 is 0 Å². The number of hydrogen-bond donors (Lipinski definition) is 2. The maximum atomic E-state index is 11.9. The summed E-state index contributed by atoms with van der Waals surface area (Å²) in [5.74, 6) is 0.509. The summed E-state index contributed by atoms with van der Waals surface area (Å²) >= 11 is 0. The molecule has 1 saturated carbocycles. The van der Waals surface area contributed by atoms with Crippen LogP contribution in [0.1, 0.15) is 37.3 Å². The van der Waals surface area contributed by atoms with Gasteiger partial charge in [0.25, 0.3) is 5.56 Å². The van der Waals surface area contributed by atoms with E-state index in [9.17, 15) is 14.4 Å². The molecule has 2 fully saturated rings. The zero-order valence-electron chi connectivity index (χ0n) is 10.8. The summed E-state index contributed by atoms with van der Waals surface area (Å²) in [7, 11) is 0. The number of aromatic amines is 1. The molecule has 1 saturated heterocycles. The van der Waals surface area contributed by atoms with Gasteiger partial charge in [-0.05, 0) is 32.1 Å². The van der Waals surface area contributed by atoms with Gasteiger partial charge in [-0.3, -0.25) is 19.1 Å². The van der Waals surface area contributed by atoms with Crippen LogP contribution in [0.3, 0.4) is 0 Å². The van der Waals surface area contributed by atoms with Crippen LogP contribution in [0.25, 0.3) is 0 Å². The van der Waals surface area contributed by atoms with Crippen molar-refractivity contribution in [1.82, 2.24) is 14.9 Å². The standard InChI is InChI=1S/C13H17N3O3/c1-7-6-16(13(19)15-12(7)18)10-3-2-8-4-9(10)14-11(17)5-8/h6,8-10H,2-5H2,1H3,(H,14,17)(H,15,18,19)/t8-,9-,10-/m1/s1. The maximum Gasteiger partial charge on any atom is 0.328 e. The molecule has 102 valence electrons.